The summed E-state index contributed by atoms with van der Waals surface area (Å²) in [5, 5.41) is 7.10. The molecule has 2 saturated heterocycles. The molecule has 2 fully saturated rings. The minimum absolute atomic E-state index is 0. The Hall–Kier alpha value is -1.13. The number of nitrogens with zero attached hydrogens (tertiary/aromatic N) is 4. The second-order valence-corrected chi connectivity index (χ2v) is 8.02. The van der Waals surface area contributed by atoms with E-state index in [1.807, 2.05) is 12.3 Å². The zero-order chi connectivity index (χ0) is 19.8. The van der Waals surface area contributed by atoms with Crippen LogP contribution < -0.4 is 15.5 Å². The first-order valence-electron chi connectivity index (χ1n) is 10.6. The molecule has 0 unspecified atom stereocenters. The molecule has 0 atom stereocenters. The van der Waals surface area contributed by atoms with Gasteiger partial charge in [-0.1, -0.05) is 6.07 Å². The van der Waals surface area contributed by atoms with Crippen LogP contribution in [0.15, 0.2) is 29.4 Å². The van der Waals surface area contributed by atoms with Gasteiger partial charge in [0.1, 0.15) is 5.82 Å². The third kappa shape index (κ3) is 6.68. The average molecular weight is 516 g/mol. The first-order chi connectivity index (χ1) is 13.6. The molecule has 0 amide bonds. The minimum atomic E-state index is 0. The van der Waals surface area contributed by atoms with Gasteiger partial charge in [-0.25, -0.2) is 4.98 Å². The van der Waals surface area contributed by atoms with E-state index < -0.39 is 0 Å². The Kier molecular flexibility index (Phi) is 9.91. The van der Waals surface area contributed by atoms with Gasteiger partial charge >= 0.3 is 0 Å². The number of rotatable bonds is 6. The molecule has 0 aliphatic carbocycles. The van der Waals surface area contributed by atoms with E-state index in [0.29, 0.717) is 6.04 Å². The van der Waals surface area contributed by atoms with Crippen LogP contribution >= 0.6 is 24.0 Å². The van der Waals surface area contributed by atoms with Crippen LogP contribution in [-0.2, 0) is 4.74 Å². The summed E-state index contributed by atoms with van der Waals surface area (Å²) in [7, 11) is 4.32. The fraction of sp³-hybridized carbons (Fsp3) is 0.714. The van der Waals surface area contributed by atoms with Crippen LogP contribution in [0, 0.1) is 0 Å². The fourth-order valence-corrected chi connectivity index (χ4v) is 4.03. The number of aromatic nitrogens is 1. The maximum absolute atomic E-state index is 5.58. The van der Waals surface area contributed by atoms with Crippen molar-refractivity contribution in [2.75, 3.05) is 58.4 Å². The third-order valence-corrected chi connectivity index (χ3v) is 6.06. The van der Waals surface area contributed by atoms with Gasteiger partial charge in [0, 0.05) is 50.6 Å². The highest BCUT2D eigenvalue weighted by Crippen LogP contribution is 2.26. The van der Waals surface area contributed by atoms with Crippen molar-refractivity contribution in [1.29, 1.82) is 0 Å². The molecule has 164 valence electrons. The first-order valence-corrected chi connectivity index (χ1v) is 10.6. The SMILES string of the molecule is CCNC(=NCC1(N(C)C)CCOCC1)NC1CCN(c2ccccn2)CC1.I. The molecule has 2 aliphatic heterocycles. The van der Waals surface area contributed by atoms with Gasteiger partial charge in [0.05, 0.1) is 6.54 Å². The predicted octanol–water partition coefficient (Wildman–Crippen LogP) is 2.33. The molecule has 2 aliphatic rings. The van der Waals surface area contributed by atoms with Gasteiger partial charge in [0.15, 0.2) is 5.96 Å². The van der Waals surface area contributed by atoms with Gasteiger partial charge in [0.25, 0.3) is 0 Å². The number of anilines is 1. The van der Waals surface area contributed by atoms with Crippen LogP contribution in [0.3, 0.4) is 0 Å². The molecular weight excluding hydrogens is 479 g/mol. The quantitative estimate of drug-likeness (QED) is 0.344. The Labute approximate surface area is 192 Å². The number of nitrogens with one attached hydrogen (secondary N) is 2. The van der Waals surface area contributed by atoms with E-state index in [0.717, 1.165) is 76.9 Å². The lowest BCUT2D eigenvalue weighted by Crippen LogP contribution is -2.53. The number of piperidine rings is 1. The lowest BCUT2D eigenvalue weighted by atomic mass is 9.89. The van der Waals surface area contributed by atoms with Crippen LogP contribution in [0.25, 0.3) is 0 Å². The van der Waals surface area contributed by atoms with Crippen LogP contribution in [0.2, 0.25) is 0 Å². The third-order valence-electron chi connectivity index (χ3n) is 6.06. The predicted molar refractivity (Wildman–Crippen MR) is 130 cm³/mol. The van der Waals surface area contributed by atoms with Crippen LogP contribution in [-0.4, -0.2) is 80.9 Å². The molecule has 1 aromatic heterocycles. The number of ether oxygens (including phenoxy) is 1. The summed E-state index contributed by atoms with van der Waals surface area (Å²) in [5.74, 6) is 2.01. The number of likely N-dealkylation sites (N-methyl/N-ethyl adjacent to an activating group) is 1. The zero-order valence-corrected chi connectivity index (χ0v) is 20.4. The molecule has 0 saturated carbocycles. The van der Waals surface area contributed by atoms with Crippen molar-refractivity contribution in [2.45, 2.75) is 44.2 Å². The summed E-state index contributed by atoms with van der Waals surface area (Å²) in [5.41, 5.74) is 0.100. The minimum Gasteiger partial charge on any atom is -0.381 e. The Morgan fingerprint density at radius 1 is 1.28 bits per heavy atom. The standard InChI is InChI=1S/C21H36N6O.HI/c1-4-22-20(24-17-21(26(2)3)10-15-28-16-11-21)25-18-8-13-27(14-9-18)19-7-5-6-12-23-19;/h5-7,12,18H,4,8-11,13-17H2,1-3H3,(H2,22,24,25);1H. The normalized spacial score (nSPS) is 20.3. The Morgan fingerprint density at radius 2 is 2.00 bits per heavy atom. The smallest absolute Gasteiger partial charge is 0.191 e. The molecule has 8 heteroatoms. The molecule has 0 radical (unpaired) electrons. The van der Waals surface area contributed by atoms with Gasteiger partial charge in [-0.15, -0.1) is 24.0 Å². The Morgan fingerprint density at radius 3 is 2.59 bits per heavy atom. The summed E-state index contributed by atoms with van der Waals surface area (Å²) in [4.78, 5) is 14.1. The largest absolute Gasteiger partial charge is 0.381 e. The maximum Gasteiger partial charge on any atom is 0.191 e. The van der Waals surface area contributed by atoms with Gasteiger partial charge in [-0.05, 0) is 58.8 Å². The summed E-state index contributed by atoms with van der Waals surface area (Å²) < 4.78 is 5.58. The molecule has 3 rings (SSSR count). The molecule has 2 N–H and O–H groups in total. The van der Waals surface area contributed by atoms with Crippen molar-refractivity contribution in [3.8, 4) is 0 Å². The lowest BCUT2D eigenvalue weighted by molar-refractivity contribution is -0.00255. The molecule has 7 nitrogen and oxygen atoms in total. The average Bonchev–Trinajstić information content (AvgIpc) is 2.74. The molecule has 0 bridgehead atoms. The van der Waals surface area contributed by atoms with E-state index in [-0.39, 0.29) is 29.5 Å². The second kappa shape index (κ2) is 11.9. The summed E-state index contributed by atoms with van der Waals surface area (Å²) >= 11 is 0. The molecule has 1 aromatic rings. The van der Waals surface area contributed by atoms with E-state index in [1.54, 1.807) is 0 Å². The van der Waals surface area contributed by atoms with E-state index in [2.05, 4.69) is 58.6 Å². The number of hydrogen-bond acceptors (Lipinski definition) is 5. The number of hydrogen-bond donors (Lipinski definition) is 2. The van der Waals surface area contributed by atoms with Crippen molar-refractivity contribution in [3.05, 3.63) is 24.4 Å². The van der Waals surface area contributed by atoms with Crippen molar-refractivity contribution < 1.29 is 4.74 Å². The van der Waals surface area contributed by atoms with Gasteiger partial charge in [-0.2, -0.15) is 0 Å². The first kappa shape index (κ1) is 24.1. The fourth-order valence-electron chi connectivity index (χ4n) is 4.03. The van der Waals surface area contributed by atoms with E-state index in [9.17, 15) is 0 Å². The van der Waals surface area contributed by atoms with E-state index in [4.69, 9.17) is 9.73 Å². The highest BCUT2D eigenvalue weighted by molar-refractivity contribution is 14.0. The highest BCUT2D eigenvalue weighted by atomic mass is 127. The van der Waals surface area contributed by atoms with Gasteiger partial charge < -0.3 is 25.2 Å². The Balaban J connectivity index is 0.00000300. The van der Waals surface area contributed by atoms with Gasteiger partial charge in [0.2, 0.25) is 0 Å². The van der Waals surface area contributed by atoms with Crippen molar-refractivity contribution in [1.82, 2.24) is 20.5 Å². The molecule has 29 heavy (non-hydrogen) atoms. The van der Waals surface area contributed by atoms with Crippen LogP contribution in [0.4, 0.5) is 5.82 Å². The van der Waals surface area contributed by atoms with Crippen LogP contribution in [0.1, 0.15) is 32.6 Å². The highest BCUT2D eigenvalue weighted by Gasteiger charge is 2.34. The van der Waals surface area contributed by atoms with Crippen molar-refractivity contribution in [3.63, 3.8) is 0 Å². The lowest BCUT2D eigenvalue weighted by Gasteiger charge is -2.42. The summed E-state index contributed by atoms with van der Waals surface area (Å²) in [6.45, 7) is 7.48. The molecule has 0 spiro atoms. The van der Waals surface area contributed by atoms with Crippen molar-refractivity contribution >= 4 is 35.8 Å². The van der Waals surface area contributed by atoms with Crippen LogP contribution in [0.5, 0.6) is 0 Å². The summed E-state index contributed by atoms with van der Waals surface area (Å²) in [6.07, 6.45) is 6.12. The number of guanidine groups is 1. The number of aliphatic imine (C=N–C) groups is 1. The monoisotopic (exact) mass is 516 g/mol. The molecule has 3 heterocycles. The zero-order valence-electron chi connectivity index (χ0n) is 18.1. The Bertz CT molecular complexity index is 613. The van der Waals surface area contributed by atoms with Gasteiger partial charge in [-0.3, -0.25) is 4.99 Å². The summed E-state index contributed by atoms with van der Waals surface area (Å²) in [6, 6.07) is 6.56. The number of halogens is 1. The van der Waals surface area contributed by atoms with E-state index in [1.165, 1.54) is 0 Å². The second-order valence-electron chi connectivity index (χ2n) is 8.02. The number of pyridine rings is 1. The molecule has 0 aromatic carbocycles. The topological polar surface area (TPSA) is 65.0 Å². The molecular formula is C21H37IN6O. The van der Waals surface area contributed by atoms with E-state index >= 15 is 0 Å². The van der Waals surface area contributed by atoms with Crippen molar-refractivity contribution in [2.24, 2.45) is 4.99 Å². The maximum atomic E-state index is 5.58.